The van der Waals surface area contributed by atoms with E-state index in [4.69, 9.17) is 11.6 Å². The lowest BCUT2D eigenvalue weighted by Gasteiger charge is -2.09. The van der Waals surface area contributed by atoms with E-state index in [1.54, 1.807) is 29.6 Å². The summed E-state index contributed by atoms with van der Waals surface area (Å²) in [6.45, 7) is 1.88. The number of carbonyl (C=O) groups excluding carboxylic acids is 1. The molecule has 154 valence electrons. The number of thiazole rings is 1. The molecule has 4 rings (SSSR count). The van der Waals surface area contributed by atoms with Crippen molar-refractivity contribution >= 4 is 71.4 Å². The standard InChI is InChI=1S/C19H14BrClN4O3S2/c1-11-2-4-13(5-3-11)30(27,28)25-17-7-12(20)6-15(14(17)9-22-25)24-19(26)16-10-29-18(8-21)23-16/h2-7,9-10H,8H2,1H3,(H,24,26). The molecule has 2 heterocycles. The van der Waals surface area contributed by atoms with E-state index in [2.05, 4.69) is 31.3 Å². The van der Waals surface area contributed by atoms with Crippen LogP contribution in [-0.4, -0.2) is 28.5 Å². The van der Waals surface area contributed by atoms with E-state index in [1.165, 1.54) is 29.7 Å². The van der Waals surface area contributed by atoms with Crippen LogP contribution in [0.1, 0.15) is 21.1 Å². The van der Waals surface area contributed by atoms with Crippen LogP contribution in [0.25, 0.3) is 10.9 Å². The Hall–Kier alpha value is -2.27. The molecule has 4 aromatic rings. The van der Waals surface area contributed by atoms with Crippen molar-refractivity contribution in [2.45, 2.75) is 17.7 Å². The minimum absolute atomic E-state index is 0.125. The third kappa shape index (κ3) is 3.87. The quantitative estimate of drug-likeness (QED) is 0.378. The highest BCUT2D eigenvalue weighted by molar-refractivity contribution is 9.10. The van der Waals surface area contributed by atoms with Gasteiger partial charge in [-0.25, -0.2) is 4.98 Å². The van der Waals surface area contributed by atoms with Crippen LogP contribution < -0.4 is 5.32 Å². The second kappa shape index (κ2) is 8.10. The molecular formula is C19H14BrClN4O3S2. The number of halogens is 2. The first-order valence-corrected chi connectivity index (χ1v) is 12.3. The minimum atomic E-state index is -3.91. The number of nitrogens with one attached hydrogen (secondary N) is 1. The van der Waals surface area contributed by atoms with Crippen LogP contribution in [0, 0.1) is 6.92 Å². The van der Waals surface area contributed by atoms with Crippen LogP contribution in [0.5, 0.6) is 0 Å². The summed E-state index contributed by atoms with van der Waals surface area (Å²) in [6, 6.07) is 9.84. The predicted molar refractivity (Wildman–Crippen MR) is 121 cm³/mol. The van der Waals surface area contributed by atoms with Gasteiger partial charge < -0.3 is 5.32 Å². The summed E-state index contributed by atoms with van der Waals surface area (Å²) in [5.41, 5.74) is 1.94. The van der Waals surface area contributed by atoms with Crippen molar-refractivity contribution in [3.05, 3.63) is 68.7 Å². The molecule has 0 saturated carbocycles. The van der Waals surface area contributed by atoms with Crippen LogP contribution >= 0.6 is 38.9 Å². The molecule has 0 atom stereocenters. The number of aryl methyl sites for hydroxylation is 1. The van der Waals surface area contributed by atoms with Gasteiger partial charge in [0, 0.05) is 15.2 Å². The summed E-state index contributed by atoms with van der Waals surface area (Å²) < 4.78 is 27.7. The van der Waals surface area contributed by atoms with Gasteiger partial charge in [-0.2, -0.15) is 17.6 Å². The third-order valence-corrected chi connectivity index (χ3v) is 7.65. The van der Waals surface area contributed by atoms with Crippen molar-refractivity contribution in [1.82, 2.24) is 14.2 Å². The first kappa shape index (κ1) is 21.0. The van der Waals surface area contributed by atoms with Gasteiger partial charge in [-0.3, -0.25) is 4.79 Å². The Kier molecular flexibility index (Phi) is 5.67. The number of rotatable bonds is 5. The van der Waals surface area contributed by atoms with Crippen molar-refractivity contribution in [3.63, 3.8) is 0 Å². The molecule has 0 saturated heterocycles. The molecule has 2 aromatic heterocycles. The maximum atomic E-state index is 13.1. The molecule has 0 spiro atoms. The van der Waals surface area contributed by atoms with Crippen molar-refractivity contribution in [1.29, 1.82) is 0 Å². The average Bonchev–Trinajstić information content (AvgIpc) is 3.35. The zero-order valence-corrected chi connectivity index (χ0v) is 19.4. The van der Waals surface area contributed by atoms with Crippen molar-refractivity contribution in [2.75, 3.05) is 5.32 Å². The van der Waals surface area contributed by atoms with Gasteiger partial charge in [0.1, 0.15) is 10.7 Å². The van der Waals surface area contributed by atoms with E-state index in [-0.39, 0.29) is 16.5 Å². The minimum Gasteiger partial charge on any atom is -0.320 e. The largest absolute Gasteiger partial charge is 0.320 e. The van der Waals surface area contributed by atoms with E-state index < -0.39 is 15.9 Å². The van der Waals surface area contributed by atoms with Crippen LogP contribution in [0.2, 0.25) is 0 Å². The summed E-state index contributed by atoms with van der Waals surface area (Å²) in [5, 5.41) is 9.60. The Balaban J connectivity index is 1.76. The van der Waals surface area contributed by atoms with Gasteiger partial charge in [0.05, 0.1) is 28.2 Å². The monoisotopic (exact) mass is 524 g/mol. The van der Waals surface area contributed by atoms with Crippen LogP contribution in [-0.2, 0) is 15.9 Å². The second-order valence-electron chi connectivity index (χ2n) is 6.41. The van der Waals surface area contributed by atoms with Crippen molar-refractivity contribution < 1.29 is 13.2 Å². The van der Waals surface area contributed by atoms with Crippen molar-refractivity contribution in [2.24, 2.45) is 0 Å². The van der Waals surface area contributed by atoms with Gasteiger partial charge in [-0.1, -0.05) is 33.6 Å². The zero-order valence-electron chi connectivity index (χ0n) is 15.5. The molecule has 1 N–H and O–H groups in total. The molecule has 0 aliphatic rings. The summed E-state index contributed by atoms with van der Waals surface area (Å²) in [4.78, 5) is 16.9. The van der Waals surface area contributed by atoms with Gasteiger partial charge >= 0.3 is 0 Å². The zero-order chi connectivity index (χ0) is 21.5. The Morgan fingerprint density at radius 2 is 2.00 bits per heavy atom. The number of benzene rings is 2. The van der Waals surface area contributed by atoms with Crippen LogP contribution in [0.15, 0.2) is 57.3 Å². The normalized spacial score (nSPS) is 11.7. The number of anilines is 1. The van der Waals surface area contributed by atoms with E-state index in [0.717, 1.165) is 9.65 Å². The fraction of sp³-hybridized carbons (Fsp3) is 0.105. The fourth-order valence-electron chi connectivity index (χ4n) is 2.84. The maximum absolute atomic E-state index is 13.1. The fourth-order valence-corrected chi connectivity index (χ4v) is 5.41. The predicted octanol–water partition coefficient (Wildman–Crippen LogP) is 4.79. The maximum Gasteiger partial charge on any atom is 0.283 e. The number of nitrogens with zero attached hydrogens (tertiary/aromatic N) is 3. The van der Waals surface area contributed by atoms with E-state index >= 15 is 0 Å². The molecule has 11 heteroatoms. The Bertz CT molecular complexity index is 1360. The van der Waals surface area contributed by atoms with Gasteiger partial charge in [0.25, 0.3) is 15.9 Å². The number of alkyl halides is 1. The van der Waals surface area contributed by atoms with Crippen molar-refractivity contribution in [3.8, 4) is 0 Å². The van der Waals surface area contributed by atoms with Crippen LogP contribution in [0.4, 0.5) is 5.69 Å². The number of amides is 1. The highest BCUT2D eigenvalue weighted by Gasteiger charge is 2.22. The number of fused-ring (bicyclic) bond motifs is 1. The lowest BCUT2D eigenvalue weighted by Crippen LogP contribution is -2.15. The Morgan fingerprint density at radius 3 is 2.67 bits per heavy atom. The molecule has 2 aromatic carbocycles. The van der Waals surface area contributed by atoms with Gasteiger partial charge in [-0.05, 0) is 31.2 Å². The molecule has 7 nitrogen and oxygen atoms in total. The molecule has 0 aliphatic carbocycles. The average molecular weight is 526 g/mol. The molecule has 0 radical (unpaired) electrons. The van der Waals surface area contributed by atoms with E-state index in [9.17, 15) is 13.2 Å². The lowest BCUT2D eigenvalue weighted by atomic mass is 10.2. The first-order chi connectivity index (χ1) is 14.3. The molecule has 0 aliphatic heterocycles. The molecule has 0 bridgehead atoms. The molecule has 30 heavy (non-hydrogen) atoms. The number of hydrogen-bond donors (Lipinski definition) is 1. The van der Waals surface area contributed by atoms with E-state index in [1.807, 2.05) is 6.92 Å². The lowest BCUT2D eigenvalue weighted by molar-refractivity contribution is 0.102. The SMILES string of the molecule is Cc1ccc(S(=O)(=O)n2ncc3c(NC(=O)c4csc(CCl)n4)cc(Br)cc32)cc1. The molecule has 1 amide bonds. The highest BCUT2D eigenvalue weighted by Crippen LogP contribution is 2.31. The highest BCUT2D eigenvalue weighted by atomic mass is 79.9. The number of hydrogen-bond acceptors (Lipinski definition) is 6. The Morgan fingerprint density at radius 1 is 1.27 bits per heavy atom. The molecule has 0 unspecified atom stereocenters. The third-order valence-electron chi connectivity index (χ3n) is 4.31. The number of carbonyl (C=O) groups is 1. The summed E-state index contributed by atoms with van der Waals surface area (Å²) in [6.07, 6.45) is 1.41. The summed E-state index contributed by atoms with van der Waals surface area (Å²) >= 11 is 10.4. The second-order valence-corrected chi connectivity index (χ2v) is 10.3. The smallest absolute Gasteiger partial charge is 0.283 e. The molecule has 0 fully saturated rings. The van der Waals surface area contributed by atoms with E-state index in [0.29, 0.717) is 26.1 Å². The van der Waals surface area contributed by atoms with Crippen LogP contribution in [0.3, 0.4) is 0 Å². The Labute approximate surface area is 189 Å². The topological polar surface area (TPSA) is 94.0 Å². The summed E-state index contributed by atoms with van der Waals surface area (Å²) in [5.74, 6) is -0.195. The number of aromatic nitrogens is 3. The van der Waals surface area contributed by atoms with Gasteiger partial charge in [0.2, 0.25) is 0 Å². The van der Waals surface area contributed by atoms with Gasteiger partial charge in [-0.15, -0.1) is 22.9 Å². The summed E-state index contributed by atoms with van der Waals surface area (Å²) in [7, 11) is -3.91. The first-order valence-electron chi connectivity index (χ1n) is 8.61. The molecular weight excluding hydrogens is 512 g/mol. The van der Waals surface area contributed by atoms with Gasteiger partial charge in [0.15, 0.2) is 0 Å².